The molecule has 7 nitrogen and oxygen atoms in total. The van der Waals surface area contributed by atoms with E-state index >= 15 is 0 Å². The van der Waals surface area contributed by atoms with Gasteiger partial charge in [0.05, 0.1) is 19.3 Å². The Morgan fingerprint density at radius 1 is 1.04 bits per heavy atom. The number of rotatable bonds is 6. The largest absolute Gasteiger partial charge is 0.373 e. The first-order valence-electron chi connectivity index (χ1n) is 10.3. The van der Waals surface area contributed by atoms with Crippen LogP contribution in [-0.2, 0) is 16.1 Å². The molecule has 2 saturated heterocycles. The number of carbonyl (C=O) groups excluding carboxylic acids is 2. The van der Waals surface area contributed by atoms with E-state index in [-0.39, 0.29) is 24.1 Å². The maximum atomic E-state index is 12.6. The molecule has 0 aliphatic carbocycles. The molecule has 154 valence electrons. The molecule has 2 heterocycles. The van der Waals surface area contributed by atoms with Crippen LogP contribution in [0.4, 0.5) is 4.79 Å². The Labute approximate surface area is 167 Å². The maximum absolute atomic E-state index is 12.6. The molecule has 28 heavy (non-hydrogen) atoms. The van der Waals surface area contributed by atoms with Gasteiger partial charge in [-0.1, -0.05) is 30.3 Å². The van der Waals surface area contributed by atoms with Gasteiger partial charge in [0.1, 0.15) is 0 Å². The Morgan fingerprint density at radius 3 is 2.36 bits per heavy atom. The number of likely N-dealkylation sites (tertiary alicyclic amines) is 2. The molecule has 0 aromatic heterocycles. The Kier molecular flexibility index (Phi) is 7.68. The Hall–Kier alpha value is -2.12. The number of carbonyl (C=O) groups is 2. The van der Waals surface area contributed by atoms with E-state index in [0.717, 1.165) is 51.9 Å². The van der Waals surface area contributed by atoms with Gasteiger partial charge in [0.25, 0.3) is 0 Å². The number of piperidine rings is 2. The van der Waals surface area contributed by atoms with E-state index < -0.39 is 0 Å². The SMILES string of the molecule is CNC(=O)CN1CCC(NC(=O)N2CCC(OCc3ccccc3)CC2)CC1. The molecule has 2 fully saturated rings. The molecular formula is C21H32N4O3. The monoisotopic (exact) mass is 388 g/mol. The second kappa shape index (κ2) is 10.4. The molecule has 3 rings (SSSR count). The molecular weight excluding hydrogens is 356 g/mol. The van der Waals surface area contributed by atoms with E-state index in [2.05, 4.69) is 27.7 Å². The number of ether oxygens (including phenoxy) is 1. The molecule has 2 N–H and O–H groups in total. The van der Waals surface area contributed by atoms with Crippen LogP contribution in [-0.4, -0.2) is 73.7 Å². The van der Waals surface area contributed by atoms with Crippen molar-refractivity contribution in [2.45, 2.75) is 44.4 Å². The first-order chi connectivity index (χ1) is 13.6. The quantitative estimate of drug-likeness (QED) is 0.776. The van der Waals surface area contributed by atoms with Crippen molar-refractivity contribution in [2.75, 3.05) is 39.8 Å². The average molecular weight is 389 g/mol. The fourth-order valence-corrected chi connectivity index (χ4v) is 3.80. The van der Waals surface area contributed by atoms with Gasteiger partial charge in [0, 0.05) is 39.3 Å². The van der Waals surface area contributed by atoms with Crippen LogP contribution in [0.3, 0.4) is 0 Å². The molecule has 0 saturated carbocycles. The number of urea groups is 1. The summed E-state index contributed by atoms with van der Waals surface area (Å²) in [5.74, 6) is 0.0415. The Bertz CT molecular complexity index is 624. The first-order valence-corrected chi connectivity index (χ1v) is 10.3. The molecule has 0 atom stereocenters. The molecule has 0 bridgehead atoms. The van der Waals surface area contributed by atoms with Crippen molar-refractivity contribution in [3.05, 3.63) is 35.9 Å². The second-order valence-corrected chi connectivity index (χ2v) is 7.66. The molecule has 2 aliphatic rings. The van der Waals surface area contributed by atoms with Crippen molar-refractivity contribution in [3.63, 3.8) is 0 Å². The Morgan fingerprint density at radius 2 is 1.71 bits per heavy atom. The van der Waals surface area contributed by atoms with Crippen LogP contribution >= 0.6 is 0 Å². The van der Waals surface area contributed by atoms with E-state index in [4.69, 9.17) is 4.74 Å². The van der Waals surface area contributed by atoms with Gasteiger partial charge in [0.2, 0.25) is 5.91 Å². The first kappa shape index (κ1) is 20.6. The molecule has 3 amide bonds. The summed E-state index contributed by atoms with van der Waals surface area (Å²) < 4.78 is 6.00. The lowest BCUT2D eigenvalue weighted by atomic mass is 10.0. The summed E-state index contributed by atoms with van der Waals surface area (Å²) in [7, 11) is 1.66. The van der Waals surface area contributed by atoms with Crippen LogP contribution < -0.4 is 10.6 Å². The van der Waals surface area contributed by atoms with Gasteiger partial charge in [-0.15, -0.1) is 0 Å². The zero-order valence-electron chi connectivity index (χ0n) is 16.7. The smallest absolute Gasteiger partial charge is 0.317 e. The van der Waals surface area contributed by atoms with Crippen LogP contribution in [0.25, 0.3) is 0 Å². The summed E-state index contributed by atoms with van der Waals surface area (Å²) >= 11 is 0. The van der Waals surface area contributed by atoms with E-state index in [1.165, 1.54) is 5.56 Å². The third kappa shape index (κ3) is 6.21. The predicted octanol–water partition coefficient (Wildman–Crippen LogP) is 1.59. The summed E-state index contributed by atoms with van der Waals surface area (Å²) in [5, 5.41) is 5.82. The highest BCUT2D eigenvalue weighted by molar-refractivity contribution is 5.77. The van der Waals surface area contributed by atoms with Crippen molar-refractivity contribution >= 4 is 11.9 Å². The van der Waals surface area contributed by atoms with Crippen LogP contribution in [0, 0.1) is 0 Å². The molecule has 0 spiro atoms. The van der Waals surface area contributed by atoms with E-state index in [0.29, 0.717) is 13.2 Å². The standard InChI is InChI=1S/C21H32N4O3/c1-22-20(26)15-24-11-7-18(8-12-24)23-21(27)25-13-9-19(10-14-25)28-16-17-5-3-2-4-6-17/h2-6,18-19H,7-16H2,1H3,(H,22,26)(H,23,27). The lowest BCUT2D eigenvalue weighted by molar-refractivity contribution is -0.122. The zero-order valence-corrected chi connectivity index (χ0v) is 16.7. The molecule has 2 aliphatic heterocycles. The third-order valence-corrected chi connectivity index (χ3v) is 5.62. The van der Waals surface area contributed by atoms with Crippen molar-refractivity contribution < 1.29 is 14.3 Å². The normalized spacial score (nSPS) is 19.4. The number of nitrogens with zero attached hydrogens (tertiary/aromatic N) is 2. The second-order valence-electron chi connectivity index (χ2n) is 7.66. The van der Waals surface area contributed by atoms with Crippen LogP contribution in [0.5, 0.6) is 0 Å². The highest BCUT2D eigenvalue weighted by atomic mass is 16.5. The highest BCUT2D eigenvalue weighted by Crippen LogP contribution is 2.17. The van der Waals surface area contributed by atoms with Crippen molar-refractivity contribution in [1.29, 1.82) is 0 Å². The van der Waals surface area contributed by atoms with Crippen molar-refractivity contribution in [1.82, 2.24) is 20.4 Å². The minimum Gasteiger partial charge on any atom is -0.373 e. The number of benzene rings is 1. The van der Waals surface area contributed by atoms with E-state index in [1.807, 2.05) is 23.1 Å². The minimum atomic E-state index is 0.0336. The van der Waals surface area contributed by atoms with E-state index in [1.54, 1.807) is 7.05 Å². The fourth-order valence-electron chi connectivity index (χ4n) is 3.80. The van der Waals surface area contributed by atoms with Crippen LogP contribution in [0.2, 0.25) is 0 Å². The highest BCUT2D eigenvalue weighted by Gasteiger charge is 2.26. The fraction of sp³-hybridized carbons (Fsp3) is 0.619. The van der Waals surface area contributed by atoms with Crippen molar-refractivity contribution in [2.24, 2.45) is 0 Å². The number of amides is 3. The molecule has 0 radical (unpaired) electrons. The molecule has 1 aromatic carbocycles. The molecule has 0 unspecified atom stereocenters. The van der Waals surface area contributed by atoms with Gasteiger partial charge in [-0.2, -0.15) is 0 Å². The number of nitrogens with one attached hydrogen (secondary N) is 2. The van der Waals surface area contributed by atoms with Gasteiger partial charge >= 0.3 is 6.03 Å². The summed E-state index contributed by atoms with van der Waals surface area (Å²) in [6, 6.07) is 10.4. The number of likely N-dealkylation sites (N-methyl/N-ethyl adjacent to an activating group) is 1. The van der Waals surface area contributed by atoms with Crippen LogP contribution in [0.15, 0.2) is 30.3 Å². The minimum absolute atomic E-state index is 0.0336. The lowest BCUT2D eigenvalue weighted by Crippen LogP contribution is -2.52. The summed E-state index contributed by atoms with van der Waals surface area (Å²) in [4.78, 5) is 28.1. The third-order valence-electron chi connectivity index (χ3n) is 5.62. The van der Waals surface area contributed by atoms with Gasteiger partial charge in [-0.05, 0) is 31.2 Å². The summed E-state index contributed by atoms with van der Waals surface area (Å²) in [6.07, 6.45) is 3.76. The Balaban J connectivity index is 1.32. The topological polar surface area (TPSA) is 73.9 Å². The number of hydrogen-bond donors (Lipinski definition) is 2. The van der Waals surface area contributed by atoms with Gasteiger partial charge in [-0.3, -0.25) is 9.69 Å². The van der Waals surface area contributed by atoms with Crippen molar-refractivity contribution in [3.8, 4) is 0 Å². The predicted molar refractivity (Wildman–Crippen MR) is 108 cm³/mol. The van der Waals surface area contributed by atoms with E-state index in [9.17, 15) is 9.59 Å². The summed E-state index contributed by atoms with van der Waals surface area (Å²) in [5.41, 5.74) is 1.19. The van der Waals surface area contributed by atoms with Gasteiger partial charge in [-0.25, -0.2) is 4.79 Å². The molecule has 1 aromatic rings. The summed E-state index contributed by atoms with van der Waals surface area (Å²) in [6.45, 7) is 4.23. The number of hydrogen-bond acceptors (Lipinski definition) is 4. The maximum Gasteiger partial charge on any atom is 0.317 e. The van der Waals surface area contributed by atoms with Gasteiger partial charge in [0.15, 0.2) is 0 Å². The van der Waals surface area contributed by atoms with Gasteiger partial charge < -0.3 is 20.3 Å². The zero-order chi connectivity index (χ0) is 19.8. The average Bonchev–Trinajstić information content (AvgIpc) is 2.74. The lowest BCUT2D eigenvalue weighted by Gasteiger charge is -2.35. The molecule has 7 heteroatoms. The van der Waals surface area contributed by atoms with Crippen LogP contribution in [0.1, 0.15) is 31.2 Å².